The van der Waals surface area contributed by atoms with E-state index in [0.717, 1.165) is 43.7 Å². The molecule has 2 aliphatic heterocycles. The summed E-state index contributed by atoms with van der Waals surface area (Å²) >= 11 is 0. The monoisotopic (exact) mass is 350 g/mol. The van der Waals surface area contributed by atoms with E-state index in [1.54, 1.807) is 12.4 Å². The normalized spacial score (nSPS) is 25.9. The number of carbonyl (C=O) groups excluding carboxylic acids is 1. The number of amides is 1. The lowest BCUT2D eigenvalue weighted by Gasteiger charge is -2.39. The molecule has 2 saturated heterocycles. The molecule has 2 unspecified atom stereocenters. The van der Waals surface area contributed by atoms with Crippen LogP contribution in [0.5, 0.6) is 0 Å². The lowest BCUT2D eigenvalue weighted by atomic mass is 9.94. The van der Waals surface area contributed by atoms with Crippen LogP contribution in [0, 0.1) is 17.2 Å². The average Bonchev–Trinajstić information content (AvgIpc) is 3.05. The first-order valence-corrected chi connectivity index (χ1v) is 9.08. The molecule has 3 atom stereocenters. The van der Waals surface area contributed by atoms with Gasteiger partial charge in [0.05, 0.1) is 17.3 Å². The fourth-order valence-corrected chi connectivity index (χ4v) is 4.09. The maximum Gasteiger partial charge on any atom is 0.237 e. The minimum atomic E-state index is -0.0929. The zero-order valence-electron chi connectivity index (χ0n) is 14.8. The summed E-state index contributed by atoms with van der Waals surface area (Å²) in [6.45, 7) is 4.71. The highest BCUT2D eigenvalue weighted by Gasteiger charge is 2.31. The van der Waals surface area contributed by atoms with Gasteiger partial charge in [0.15, 0.2) is 0 Å². The highest BCUT2D eigenvalue weighted by atomic mass is 16.2. The smallest absolute Gasteiger partial charge is 0.237 e. The van der Waals surface area contributed by atoms with Crippen molar-refractivity contribution in [3.8, 4) is 6.07 Å². The molecule has 2 N–H and O–H groups in total. The van der Waals surface area contributed by atoms with Crippen molar-refractivity contribution < 1.29 is 4.79 Å². The zero-order chi connectivity index (χ0) is 18.1. The molecule has 1 aromatic carbocycles. The molecule has 26 heavy (non-hydrogen) atoms. The van der Waals surface area contributed by atoms with E-state index >= 15 is 0 Å². The van der Waals surface area contributed by atoms with Crippen molar-refractivity contribution >= 4 is 22.6 Å². The van der Waals surface area contributed by atoms with Crippen molar-refractivity contribution in [2.24, 2.45) is 5.92 Å². The molecule has 1 aromatic heterocycles. The third-order valence-electron chi connectivity index (χ3n) is 5.21. The molecular weight excluding hydrogens is 328 g/mol. The van der Waals surface area contributed by atoms with Crippen LogP contribution in [0.15, 0.2) is 24.5 Å². The van der Waals surface area contributed by atoms with Crippen LogP contribution in [0.1, 0.15) is 25.3 Å². The van der Waals surface area contributed by atoms with Crippen molar-refractivity contribution in [2.75, 3.05) is 24.5 Å². The molecule has 0 aliphatic carbocycles. The van der Waals surface area contributed by atoms with Crippen LogP contribution in [0.2, 0.25) is 0 Å². The summed E-state index contributed by atoms with van der Waals surface area (Å²) in [4.78, 5) is 23.0. The van der Waals surface area contributed by atoms with Gasteiger partial charge in [-0.05, 0) is 30.9 Å². The summed E-state index contributed by atoms with van der Waals surface area (Å²) in [5.74, 6) is 0.595. The minimum Gasteiger partial charge on any atom is -0.368 e. The van der Waals surface area contributed by atoms with Gasteiger partial charge in [-0.25, -0.2) is 0 Å². The Morgan fingerprint density at radius 2 is 2.08 bits per heavy atom. The fraction of sp³-hybridized carbons (Fsp3) is 0.474. The van der Waals surface area contributed by atoms with Crippen molar-refractivity contribution in [1.29, 1.82) is 5.26 Å². The summed E-state index contributed by atoms with van der Waals surface area (Å²) in [7, 11) is 0. The fourth-order valence-electron chi connectivity index (χ4n) is 4.09. The van der Waals surface area contributed by atoms with E-state index in [0.29, 0.717) is 17.0 Å². The maximum atomic E-state index is 11.9. The molecule has 7 nitrogen and oxygen atoms in total. The summed E-state index contributed by atoms with van der Waals surface area (Å²) in [6.07, 6.45) is 5.17. The highest BCUT2D eigenvalue weighted by Crippen LogP contribution is 2.30. The predicted octanol–water partition coefficient (Wildman–Crippen LogP) is 1.19. The third-order valence-corrected chi connectivity index (χ3v) is 5.21. The average molecular weight is 350 g/mol. The number of aromatic nitrogens is 2. The first-order valence-electron chi connectivity index (χ1n) is 9.08. The second-order valence-corrected chi connectivity index (χ2v) is 7.24. The Balaban J connectivity index is 1.62. The van der Waals surface area contributed by atoms with Gasteiger partial charge < -0.3 is 15.5 Å². The van der Waals surface area contributed by atoms with Crippen molar-refractivity contribution in [1.82, 2.24) is 20.6 Å². The van der Waals surface area contributed by atoms with Crippen LogP contribution < -0.4 is 15.5 Å². The van der Waals surface area contributed by atoms with Gasteiger partial charge in [-0.15, -0.1) is 0 Å². The van der Waals surface area contributed by atoms with Crippen LogP contribution >= 0.6 is 0 Å². The van der Waals surface area contributed by atoms with Crippen molar-refractivity contribution in [2.45, 2.75) is 31.8 Å². The van der Waals surface area contributed by atoms with E-state index in [9.17, 15) is 10.1 Å². The van der Waals surface area contributed by atoms with E-state index in [4.69, 9.17) is 0 Å². The van der Waals surface area contributed by atoms with Gasteiger partial charge >= 0.3 is 0 Å². The number of nitriles is 1. The summed E-state index contributed by atoms with van der Waals surface area (Å²) in [6, 6.07) is 6.13. The number of nitrogens with zero attached hydrogens (tertiary/aromatic N) is 4. The summed E-state index contributed by atoms with van der Waals surface area (Å²) < 4.78 is 0. The van der Waals surface area contributed by atoms with Crippen LogP contribution in [0.25, 0.3) is 11.0 Å². The summed E-state index contributed by atoms with van der Waals surface area (Å²) in [5, 5.41) is 15.7. The Morgan fingerprint density at radius 1 is 1.27 bits per heavy atom. The highest BCUT2D eigenvalue weighted by molar-refractivity contribution is 5.92. The van der Waals surface area contributed by atoms with Gasteiger partial charge in [-0.1, -0.05) is 6.92 Å². The first-order chi connectivity index (χ1) is 12.7. The molecule has 0 bridgehead atoms. The third kappa shape index (κ3) is 3.08. The van der Waals surface area contributed by atoms with E-state index in [1.807, 2.05) is 12.1 Å². The van der Waals surface area contributed by atoms with Crippen LogP contribution in [0.4, 0.5) is 5.69 Å². The SMILES string of the molecule is CC1C[C@@H](NC2CCNC2=O)CN(c2ccc(C#N)c3nccnc23)C1. The van der Waals surface area contributed by atoms with E-state index in [1.165, 1.54) is 0 Å². The van der Waals surface area contributed by atoms with Gasteiger partial charge in [0.1, 0.15) is 17.1 Å². The quantitative estimate of drug-likeness (QED) is 0.864. The maximum absolute atomic E-state index is 11.9. The zero-order valence-corrected chi connectivity index (χ0v) is 14.8. The van der Waals surface area contributed by atoms with E-state index in [-0.39, 0.29) is 18.0 Å². The number of carbonyl (C=O) groups is 1. The van der Waals surface area contributed by atoms with E-state index < -0.39 is 0 Å². The number of fused-ring (bicyclic) bond motifs is 1. The molecule has 2 fully saturated rings. The van der Waals surface area contributed by atoms with Gasteiger partial charge in [0, 0.05) is 38.1 Å². The van der Waals surface area contributed by atoms with Crippen molar-refractivity contribution in [3.63, 3.8) is 0 Å². The molecule has 0 saturated carbocycles. The number of rotatable bonds is 3. The number of benzene rings is 1. The van der Waals surface area contributed by atoms with Crippen LogP contribution in [-0.2, 0) is 4.79 Å². The molecule has 4 rings (SSSR count). The second kappa shape index (κ2) is 6.89. The Kier molecular flexibility index (Phi) is 4.43. The Bertz CT molecular complexity index is 876. The largest absolute Gasteiger partial charge is 0.368 e. The Morgan fingerprint density at radius 3 is 2.81 bits per heavy atom. The predicted molar refractivity (Wildman–Crippen MR) is 98.6 cm³/mol. The molecule has 1 amide bonds. The molecule has 0 spiro atoms. The topological polar surface area (TPSA) is 93.9 Å². The molecule has 0 radical (unpaired) electrons. The number of hydrogen-bond acceptors (Lipinski definition) is 6. The summed E-state index contributed by atoms with van der Waals surface area (Å²) in [5.41, 5.74) is 2.95. The molecule has 7 heteroatoms. The molecule has 2 aliphatic rings. The Labute approximate surface area is 152 Å². The van der Waals surface area contributed by atoms with Gasteiger partial charge in [0.25, 0.3) is 0 Å². The number of anilines is 1. The lowest BCUT2D eigenvalue weighted by molar-refractivity contribution is -0.121. The molecular formula is C19H22N6O. The number of nitrogens with one attached hydrogen (secondary N) is 2. The van der Waals surface area contributed by atoms with Gasteiger partial charge in [0.2, 0.25) is 5.91 Å². The van der Waals surface area contributed by atoms with Crippen molar-refractivity contribution in [3.05, 3.63) is 30.1 Å². The minimum absolute atomic E-state index is 0.0929. The molecule has 2 aromatic rings. The van der Waals surface area contributed by atoms with Gasteiger partial charge in [-0.2, -0.15) is 5.26 Å². The standard InChI is InChI=1S/C19H22N6O/c1-12-8-14(24-15-4-5-23-19(15)26)11-25(10-12)16-3-2-13(9-20)17-18(16)22-7-6-21-17/h2-3,6-7,12,14-15,24H,4-5,8,10-11H2,1H3,(H,23,26)/t12?,14-,15?/m1/s1. The lowest BCUT2D eigenvalue weighted by Crippen LogP contribution is -2.53. The molecule has 134 valence electrons. The number of hydrogen-bond donors (Lipinski definition) is 2. The number of piperidine rings is 1. The second-order valence-electron chi connectivity index (χ2n) is 7.24. The van der Waals surface area contributed by atoms with Crippen LogP contribution in [0.3, 0.4) is 0 Å². The first kappa shape index (κ1) is 16.7. The van der Waals surface area contributed by atoms with E-state index in [2.05, 4.69) is 38.5 Å². The van der Waals surface area contributed by atoms with Gasteiger partial charge in [-0.3, -0.25) is 14.8 Å². The Hall–Kier alpha value is -2.72. The van der Waals surface area contributed by atoms with Crippen LogP contribution in [-0.4, -0.2) is 47.6 Å². The molecule has 3 heterocycles.